The van der Waals surface area contributed by atoms with E-state index in [4.69, 9.17) is 0 Å². The summed E-state index contributed by atoms with van der Waals surface area (Å²) in [6, 6.07) is 0.895. The number of hydrogen-bond donors (Lipinski definition) is 0. The molecule has 74 valence electrons. The van der Waals surface area contributed by atoms with E-state index in [0.29, 0.717) is 10.8 Å². The zero-order valence-electron chi connectivity index (χ0n) is 8.84. The summed E-state index contributed by atoms with van der Waals surface area (Å²) in [6.07, 6.45) is 4.46. The lowest BCUT2D eigenvalue weighted by Gasteiger charge is -2.37. The van der Waals surface area contributed by atoms with E-state index in [-0.39, 0.29) is 0 Å². The van der Waals surface area contributed by atoms with Gasteiger partial charge in [0, 0.05) is 17.2 Å². The SMILES string of the molecule is CN1SCC23CCC(CC12)C3(C)C. The van der Waals surface area contributed by atoms with Crippen LogP contribution in [0.25, 0.3) is 0 Å². The average Bonchev–Trinajstić information content (AvgIpc) is 2.62. The second-order valence-electron chi connectivity index (χ2n) is 5.68. The average molecular weight is 197 g/mol. The van der Waals surface area contributed by atoms with Crippen LogP contribution in [-0.2, 0) is 0 Å². The van der Waals surface area contributed by atoms with Crippen molar-refractivity contribution in [2.75, 3.05) is 12.8 Å². The highest BCUT2D eigenvalue weighted by atomic mass is 32.2. The minimum absolute atomic E-state index is 0.620. The summed E-state index contributed by atoms with van der Waals surface area (Å²) in [6.45, 7) is 5.04. The van der Waals surface area contributed by atoms with Crippen LogP contribution in [0, 0.1) is 16.7 Å². The van der Waals surface area contributed by atoms with Crippen LogP contribution in [0.4, 0.5) is 0 Å². The van der Waals surface area contributed by atoms with Gasteiger partial charge in [0.2, 0.25) is 0 Å². The molecule has 3 atom stereocenters. The van der Waals surface area contributed by atoms with Gasteiger partial charge in [-0.05, 0) is 37.6 Å². The van der Waals surface area contributed by atoms with Crippen molar-refractivity contribution in [2.24, 2.45) is 16.7 Å². The van der Waals surface area contributed by atoms with Crippen molar-refractivity contribution in [1.82, 2.24) is 4.31 Å². The maximum absolute atomic E-state index is 2.54. The Morgan fingerprint density at radius 3 is 2.77 bits per heavy atom. The fraction of sp³-hybridized carbons (Fsp3) is 1.00. The van der Waals surface area contributed by atoms with Gasteiger partial charge >= 0.3 is 0 Å². The second-order valence-corrected chi connectivity index (χ2v) is 6.81. The third-order valence-corrected chi connectivity index (χ3v) is 6.66. The number of fused-ring (bicyclic) bond motifs is 1. The molecule has 1 aliphatic heterocycles. The number of hydrogen-bond acceptors (Lipinski definition) is 2. The Kier molecular flexibility index (Phi) is 1.51. The standard InChI is InChI=1S/C11H19NS/c1-10(2)8-4-5-11(10)7-13-12(3)9(11)6-8/h8-9H,4-7H2,1-3H3. The third-order valence-electron chi connectivity index (χ3n) is 5.35. The number of rotatable bonds is 0. The van der Waals surface area contributed by atoms with Gasteiger partial charge in [-0.25, -0.2) is 4.31 Å². The van der Waals surface area contributed by atoms with Crippen LogP contribution in [0.5, 0.6) is 0 Å². The molecular weight excluding hydrogens is 178 g/mol. The van der Waals surface area contributed by atoms with E-state index >= 15 is 0 Å². The Hall–Kier alpha value is 0.310. The van der Waals surface area contributed by atoms with Gasteiger partial charge in [0.15, 0.2) is 0 Å². The Bertz CT molecular complexity index is 250. The molecule has 2 bridgehead atoms. The summed E-state index contributed by atoms with van der Waals surface area (Å²) in [4.78, 5) is 0. The van der Waals surface area contributed by atoms with E-state index in [1.165, 1.54) is 25.0 Å². The Morgan fingerprint density at radius 1 is 1.38 bits per heavy atom. The van der Waals surface area contributed by atoms with Gasteiger partial charge in [-0.1, -0.05) is 25.8 Å². The van der Waals surface area contributed by atoms with Gasteiger partial charge in [0.1, 0.15) is 0 Å². The largest absolute Gasteiger partial charge is 0.250 e. The van der Waals surface area contributed by atoms with Crippen LogP contribution >= 0.6 is 11.9 Å². The molecule has 3 fully saturated rings. The molecule has 3 rings (SSSR count). The van der Waals surface area contributed by atoms with Crippen LogP contribution < -0.4 is 0 Å². The monoisotopic (exact) mass is 197 g/mol. The molecule has 1 saturated heterocycles. The van der Waals surface area contributed by atoms with Crippen molar-refractivity contribution in [3.63, 3.8) is 0 Å². The summed E-state index contributed by atoms with van der Waals surface area (Å²) in [5.74, 6) is 2.40. The number of nitrogens with zero attached hydrogens (tertiary/aromatic N) is 1. The van der Waals surface area contributed by atoms with E-state index < -0.39 is 0 Å². The molecule has 0 radical (unpaired) electrons. The minimum Gasteiger partial charge on any atom is -0.250 e. The topological polar surface area (TPSA) is 3.24 Å². The van der Waals surface area contributed by atoms with Gasteiger partial charge in [0.05, 0.1) is 0 Å². The van der Waals surface area contributed by atoms with E-state index in [9.17, 15) is 0 Å². The van der Waals surface area contributed by atoms with Gasteiger partial charge in [0.25, 0.3) is 0 Å². The molecule has 3 aliphatic rings. The first-order chi connectivity index (χ1) is 6.08. The highest BCUT2D eigenvalue weighted by Crippen LogP contribution is 2.70. The molecule has 2 aliphatic carbocycles. The molecule has 0 amide bonds. The van der Waals surface area contributed by atoms with Gasteiger partial charge < -0.3 is 0 Å². The molecule has 3 unspecified atom stereocenters. The molecule has 0 aromatic heterocycles. The smallest absolute Gasteiger partial charge is 0.0272 e. The zero-order valence-corrected chi connectivity index (χ0v) is 9.66. The fourth-order valence-electron chi connectivity index (χ4n) is 4.18. The molecule has 2 heteroatoms. The molecule has 1 spiro atoms. The predicted molar refractivity (Wildman–Crippen MR) is 57.6 cm³/mol. The first-order valence-electron chi connectivity index (χ1n) is 5.44. The van der Waals surface area contributed by atoms with Crippen molar-refractivity contribution >= 4 is 11.9 Å². The minimum atomic E-state index is 0.620. The lowest BCUT2D eigenvalue weighted by molar-refractivity contribution is 0.121. The van der Waals surface area contributed by atoms with E-state index in [1.807, 2.05) is 0 Å². The quantitative estimate of drug-likeness (QED) is 0.549. The molecule has 13 heavy (non-hydrogen) atoms. The fourth-order valence-corrected chi connectivity index (χ4v) is 5.79. The van der Waals surface area contributed by atoms with Crippen LogP contribution in [0.2, 0.25) is 0 Å². The van der Waals surface area contributed by atoms with E-state index in [1.54, 1.807) is 0 Å². The van der Waals surface area contributed by atoms with Crippen LogP contribution in [0.3, 0.4) is 0 Å². The van der Waals surface area contributed by atoms with Crippen molar-refractivity contribution in [1.29, 1.82) is 0 Å². The van der Waals surface area contributed by atoms with Crippen molar-refractivity contribution in [3.8, 4) is 0 Å². The maximum Gasteiger partial charge on any atom is 0.0272 e. The highest BCUT2D eigenvalue weighted by Gasteiger charge is 2.67. The summed E-state index contributed by atoms with van der Waals surface area (Å²) in [5.41, 5.74) is 1.30. The van der Waals surface area contributed by atoms with Crippen molar-refractivity contribution in [3.05, 3.63) is 0 Å². The zero-order chi connectivity index (χ0) is 9.27. The van der Waals surface area contributed by atoms with Crippen LogP contribution in [0.15, 0.2) is 0 Å². The molecule has 1 heterocycles. The van der Waals surface area contributed by atoms with Gasteiger partial charge in [-0.2, -0.15) is 0 Å². The van der Waals surface area contributed by atoms with Crippen LogP contribution in [0.1, 0.15) is 33.1 Å². The van der Waals surface area contributed by atoms with Gasteiger partial charge in [-0.3, -0.25) is 0 Å². The van der Waals surface area contributed by atoms with Crippen LogP contribution in [-0.4, -0.2) is 23.1 Å². The molecule has 2 saturated carbocycles. The Morgan fingerprint density at radius 2 is 2.15 bits per heavy atom. The maximum atomic E-state index is 2.54. The second kappa shape index (κ2) is 2.27. The molecular formula is C11H19NS. The molecule has 1 nitrogen and oxygen atoms in total. The molecule has 0 N–H and O–H groups in total. The first kappa shape index (κ1) is 8.60. The molecule has 0 aromatic carbocycles. The highest BCUT2D eigenvalue weighted by molar-refractivity contribution is 7.97. The van der Waals surface area contributed by atoms with Gasteiger partial charge in [-0.15, -0.1) is 0 Å². The Balaban J connectivity index is 2.06. The lowest BCUT2D eigenvalue weighted by Crippen LogP contribution is -2.40. The first-order valence-corrected chi connectivity index (χ1v) is 6.38. The summed E-state index contributed by atoms with van der Waals surface area (Å²) >= 11 is 2.07. The van der Waals surface area contributed by atoms with E-state index in [0.717, 1.165) is 12.0 Å². The molecule has 0 aromatic rings. The summed E-state index contributed by atoms with van der Waals surface area (Å²) in [5, 5.41) is 0. The summed E-state index contributed by atoms with van der Waals surface area (Å²) < 4.78 is 2.54. The van der Waals surface area contributed by atoms with Crippen molar-refractivity contribution < 1.29 is 0 Å². The Labute approximate surface area is 85.4 Å². The normalized spacial score (nSPS) is 52.8. The lowest BCUT2D eigenvalue weighted by atomic mass is 9.69. The van der Waals surface area contributed by atoms with Crippen molar-refractivity contribution in [2.45, 2.75) is 39.2 Å². The predicted octanol–water partition coefficient (Wildman–Crippen LogP) is 2.77. The third kappa shape index (κ3) is 0.767. The van der Waals surface area contributed by atoms with E-state index in [2.05, 4.69) is 37.1 Å². The summed E-state index contributed by atoms with van der Waals surface area (Å²) in [7, 11) is 2.29.